The summed E-state index contributed by atoms with van der Waals surface area (Å²) in [5, 5.41) is 4.92. The van der Waals surface area contributed by atoms with Gasteiger partial charge in [0, 0.05) is 5.39 Å². The molecule has 1 aliphatic carbocycles. The summed E-state index contributed by atoms with van der Waals surface area (Å²) in [6, 6.07) is 19.4. The van der Waals surface area contributed by atoms with Gasteiger partial charge in [0.2, 0.25) is 5.91 Å². The molecule has 0 spiro atoms. The summed E-state index contributed by atoms with van der Waals surface area (Å²) in [6.07, 6.45) is 3.87. The first-order chi connectivity index (χ1) is 15.7. The van der Waals surface area contributed by atoms with Gasteiger partial charge in [-0.15, -0.1) is 0 Å². The number of hydrogen-bond donors (Lipinski definition) is 1. The zero-order valence-corrected chi connectivity index (χ0v) is 18.5. The van der Waals surface area contributed by atoms with Crippen LogP contribution in [0.4, 0.5) is 0 Å². The Morgan fingerprint density at radius 1 is 1.12 bits per heavy atom. The third-order valence-corrected chi connectivity index (χ3v) is 6.53. The van der Waals surface area contributed by atoms with Gasteiger partial charge in [-0.05, 0) is 54.7 Å². The lowest BCUT2D eigenvalue weighted by Crippen LogP contribution is -2.31. The molecule has 0 bridgehead atoms. The summed E-state index contributed by atoms with van der Waals surface area (Å²) in [6.45, 7) is 0. The van der Waals surface area contributed by atoms with E-state index in [0.29, 0.717) is 17.5 Å². The van der Waals surface area contributed by atoms with Crippen molar-refractivity contribution >= 4 is 28.6 Å². The maximum Gasteiger partial charge on any atom is 0.230 e. The molecule has 1 N–H and O–H groups in total. The third kappa shape index (κ3) is 4.48. The highest BCUT2D eigenvalue weighted by molar-refractivity contribution is 8.00. The number of nitrogens with zero attached hydrogens (tertiary/aromatic N) is 2. The van der Waals surface area contributed by atoms with Crippen LogP contribution in [0.25, 0.3) is 22.5 Å². The van der Waals surface area contributed by atoms with Crippen molar-refractivity contribution in [1.82, 2.24) is 15.3 Å². The fourth-order valence-electron chi connectivity index (χ4n) is 3.74. The van der Waals surface area contributed by atoms with E-state index in [1.54, 1.807) is 13.4 Å². The van der Waals surface area contributed by atoms with Crippen LogP contribution in [0.15, 0.2) is 76.4 Å². The van der Waals surface area contributed by atoms with E-state index >= 15 is 0 Å². The first-order valence-electron chi connectivity index (χ1n) is 10.6. The van der Waals surface area contributed by atoms with E-state index < -0.39 is 0 Å². The van der Waals surface area contributed by atoms with Crippen molar-refractivity contribution < 1.29 is 13.9 Å². The predicted molar refractivity (Wildman–Crippen MR) is 125 cm³/mol. The highest BCUT2D eigenvalue weighted by Crippen LogP contribution is 2.41. The molecule has 2 aromatic heterocycles. The number of amides is 1. The topological polar surface area (TPSA) is 77.2 Å². The monoisotopic (exact) mass is 445 g/mol. The molecule has 0 saturated heterocycles. The molecular weight excluding hydrogens is 422 g/mol. The van der Waals surface area contributed by atoms with Gasteiger partial charge in [-0.1, -0.05) is 42.1 Å². The Labute approximate surface area is 190 Å². The number of thioether (sulfide) groups is 1. The van der Waals surface area contributed by atoms with Crippen molar-refractivity contribution in [2.75, 3.05) is 12.9 Å². The second kappa shape index (κ2) is 9.04. The minimum Gasteiger partial charge on any atom is -0.497 e. The summed E-state index contributed by atoms with van der Waals surface area (Å²) in [4.78, 5) is 22.2. The second-order valence-electron chi connectivity index (χ2n) is 7.79. The number of aromatic nitrogens is 2. The fraction of sp³-hybridized carbons (Fsp3) is 0.240. The summed E-state index contributed by atoms with van der Waals surface area (Å²) in [7, 11) is 1.65. The Morgan fingerprint density at radius 2 is 1.94 bits per heavy atom. The molecular formula is C25H23N3O3S. The molecule has 1 atom stereocenters. The standard InChI is InChI=1S/C25H23N3O3S/c1-30-18-12-10-17(11-13-18)23(16-8-9-16)27-22(29)15-32-25-19-5-2-3-6-20(19)26-24(28-25)21-7-4-14-31-21/h2-7,10-14,16,23H,8-9,15H2,1H3,(H,27,29). The van der Waals surface area contributed by atoms with E-state index in [0.717, 1.165) is 40.1 Å². The van der Waals surface area contributed by atoms with E-state index in [-0.39, 0.29) is 17.7 Å². The number of nitrogens with one attached hydrogen (secondary N) is 1. The number of carbonyl (C=O) groups excluding carboxylic acids is 1. The van der Waals surface area contributed by atoms with Crippen molar-refractivity contribution in [2.24, 2.45) is 5.92 Å². The van der Waals surface area contributed by atoms with Gasteiger partial charge in [-0.3, -0.25) is 4.79 Å². The Hall–Kier alpha value is -3.32. The minimum atomic E-state index is -0.00930. The van der Waals surface area contributed by atoms with Gasteiger partial charge in [0.15, 0.2) is 11.6 Å². The number of ether oxygens (including phenoxy) is 1. The molecule has 1 unspecified atom stereocenters. The molecule has 0 radical (unpaired) electrons. The first-order valence-corrected chi connectivity index (χ1v) is 11.6. The molecule has 6 nitrogen and oxygen atoms in total. The van der Waals surface area contributed by atoms with Crippen LogP contribution in [0.1, 0.15) is 24.4 Å². The van der Waals surface area contributed by atoms with Crippen molar-refractivity contribution in [1.29, 1.82) is 0 Å². The van der Waals surface area contributed by atoms with Crippen molar-refractivity contribution in [3.8, 4) is 17.3 Å². The molecule has 5 rings (SSSR count). The van der Waals surface area contributed by atoms with Crippen LogP contribution in [-0.4, -0.2) is 28.7 Å². The van der Waals surface area contributed by atoms with Crippen LogP contribution in [-0.2, 0) is 4.79 Å². The van der Waals surface area contributed by atoms with Gasteiger partial charge < -0.3 is 14.5 Å². The van der Waals surface area contributed by atoms with Crippen LogP contribution in [0.3, 0.4) is 0 Å². The Bertz CT molecular complexity index is 1220. The van der Waals surface area contributed by atoms with E-state index in [2.05, 4.69) is 15.3 Å². The fourth-order valence-corrected chi connectivity index (χ4v) is 4.57. The third-order valence-electron chi connectivity index (χ3n) is 5.53. The molecule has 2 heterocycles. The maximum atomic E-state index is 12.9. The van der Waals surface area contributed by atoms with Crippen molar-refractivity contribution in [3.05, 3.63) is 72.5 Å². The molecule has 32 heavy (non-hydrogen) atoms. The summed E-state index contributed by atoms with van der Waals surface area (Å²) < 4.78 is 10.7. The summed E-state index contributed by atoms with van der Waals surface area (Å²) in [5.41, 5.74) is 1.94. The van der Waals surface area contributed by atoms with Gasteiger partial charge in [-0.2, -0.15) is 0 Å². The maximum absolute atomic E-state index is 12.9. The Kier molecular flexibility index (Phi) is 5.81. The van der Waals surface area contributed by atoms with Gasteiger partial charge in [-0.25, -0.2) is 9.97 Å². The Balaban J connectivity index is 1.33. The van der Waals surface area contributed by atoms with Gasteiger partial charge in [0.1, 0.15) is 10.8 Å². The number of carbonyl (C=O) groups is 1. The van der Waals surface area contributed by atoms with Gasteiger partial charge in [0.05, 0.1) is 30.7 Å². The number of methoxy groups -OCH3 is 1. The average Bonchev–Trinajstić information content (AvgIpc) is 3.53. The number of rotatable bonds is 8. The largest absolute Gasteiger partial charge is 0.497 e. The van der Waals surface area contributed by atoms with Crippen LogP contribution in [0.5, 0.6) is 5.75 Å². The number of benzene rings is 2. The normalized spacial score (nSPS) is 14.3. The molecule has 0 aliphatic heterocycles. The van der Waals surface area contributed by atoms with Crippen LogP contribution < -0.4 is 10.1 Å². The number of para-hydroxylation sites is 1. The molecule has 2 aromatic carbocycles. The van der Waals surface area contributed by atoms with E-state index in [1.807, 2.05) is 60.7 Å². The molecule has 1 fully saturated rings. The van der Waals surface area contributed by atoms with E-state index in [1.165, 1.54) is 11.8 Å². The number of hydrogen-bond acceptors (Lipinski definition) is 6. The molecule has 1 amide bonds. The zero-order chi connectivity index (χ0) is 21.9. The zero-order valence-electron chi connectivity index (χ0n) is 17.7. The lowest BCUT2D eigenvalue weighted by Gasteiger charge is -2.19. The van der Waals surface area contributed by atoms with Gasteiger partial charge in [0.25, 0.3) is 0 Å². The molecule has 1 aliphatic rings. The molecule has 162 valence electrons. The van der Waals surface area contributed by atoms with E-state index in [9.17, 15) is 4.79 Å². The smallest absolute Gasteiger partial charge is 0.230 e. The number of fused-ring (bicyclic) bond motifs is 1. The predicted octanol–water partition coefficient (Wildman–Crippen LogP) is 5.26. The highest BCUT2D eigenvalue weighted by Gasteiger charge is 2.33. The SMILES string of the molecule is COc1ccc(C(NC(=O)CSc2nc(-c3ccco3)nc3ccccc23)C2CC2)cc1. The summed E-state index contributed by atoms with van der Waals surface area (Å²) in [5.74, 6) is 2.69. The highest BCUT2D eigenvalue weighted by atomic mass is 32.2. The number of furan rings is 1. The molecule has 1 saturated carbocycles. The second-order valence-corrected chi connectivity index (χ2v) is 8.76. The lowest BCUT2D eigenvalue weighted by molar-refractivity contribution is -0.119. The van der Waals surface area contributed by atoms with Crippen LogP contribution in [0.2, 0.25) is 0 Å². The quantitative estimate of drug-likeness (QED) is 0.295. The van der Waals surface area contributed by atoms with Crippen LogP contribution >= 0.6 is 11.8 Å². The van der Waals surface area contributed by atoms with Crippen molar-refractivity contribution in [3.63, 3.8) is 0 Å². The summed E-state index contributed by atoms with van der Waals surface area (Å²) >= 11 is 1.42. The van der Waals surface area contributed by atoms with E-state index in [4.69, 9.17) is 9.15 Å². The minimum absolute atomic E-state index is 0.00930. The molecule has 7 heteroatoms. The lowest BCUT2D eigenvalue weighted by atomic mass is 10.0. The average molecular weight is 446 g/mol. The van der Waals surface area contributed by atoms with Crippen molar-refractivity contribution in [2.45, 2.75) is 23.9 Å². The van der Waals surface area contributed by atoms with Gasteiger partial charge >= 0.3 is 0 Å². The first kappa shape index (κ1) is 20.6. The molecule has 4 aromatic rings. The van der Waals surface area contributed by atoms with Crippen LogP contribution in [0, 0.1) is 5.92 Å². The Morgan fingerprint density at radius 3 is 2.66 bits per heavy atom.